The molecule has 2 aromatic rings. The molecule has 0 unspecified atom stereocenters. The molecule has 0 radical (unpaired) electrons. The number of nitrogen functional groups attached to an aromatic ring is 1. The van der Waals surface area contributed by atoms with Gasteiger partial charge in [0.1, 0.15) is 0 Å². The van der Waals surface area contributed by atoms with Crippen molar-refractivity contribution in [3.8, 4) is 0 Å². The van der Waals surface area contributed by atoms with Crippen LogP contribution in [0.5, 0.6) is 0 Å². The smallest absolute Gasteiger partial charge is 0.336 e. The zero-order chi connectivity index (χ0) is 16.7. The molecule has 0 saturated heterocycles. The molecular weight excluding hydrogens is 290 g/mol. The summed E-state index contributed by atoms with van der Waals surface area (Å²) in [5.74, 6) is -3.39. The highest BCUT2D eigenvalue weighted by Crippen LogP contribution is 2.08. The first-order valence-electron chi connectivity index (χ1n) is 5.97. The predicted molar refractivity (Wildman–Crippen MR) is 78.2 cm³/mol. The van der Waals surface area contributed by atoms with Gasteiger partial charge in [-0.25, -0.2) is 14.4 Å². The molecule has 0 amide bonds. The average molecular weight is 303 g/mol. The maximum atomic E-state index is 10.5. The summed E-state index contributed by atoms with van der Waals surface area (Å²) in [5, 5.41) is 25.5. The second-order valence-corrected chi connectivity index (χ2v) is 4.08. The predicted octanol–water partition coefficient (Wildman–Crippen LogP) is 2.05. The van der Waals surface area contributed by atoms with Crippen LogP contribution < -0.4 is 5.73 Å². The quantitative estimate of drug-likeness (QED) is 0.636. The molecule has 22 heavy (non-hydrogen) atoms. The Kier molecular flexibility index (Phi) is 5.65. The third-order valence-electron chi connectivity index (χ3n) is 2.55. The molecule has 0 aliphatic rings. The molecule has 5 N–H and O–H groups in total. The van der Waals surface area contributed by atoms with Crippen LogP contribution in [0.1, 0.15) is 31.1 Å². The van der Waals surface area contributed by atoms with Crippen molar-refractivity contribution in [3.05, 3.63) is 65.2 Å². The Labute approximate surface area is 125 Å². The van der Waals surface area contributed by atoms with Crippen LogP contribution in [0.25, 0.3) is 0 Å². The van der Waals surface area contributed by atoms with Gasteiger partial charge in [0.2, 0.25) is 0 Å². The van der Waals surface area contributed by atoms with E-state index in [0.29, 0.717) is 5.69 Å². The van der Waals surface area contributed by atoms with E-state index in [-0.39, 0.29) is 16.7 Å². The molecule has 2 aromatic carbocycles. The summed E-state index contributed by atoms with van der Waals surface area (Å²) in [5.41, 5.74) is 5.79. The monoisotopic (exact) mass is 303 g/mol. The number of benzene rings is 2. The highest BCUT2D eigenvalue weighted by molar-refractivity contribution is 6.01. The maximum absolute atomic E-state index is 10.5. The fourth-order valence-corrected chi connectivity index (χ4v) is 1.48. The minimum atomic E-state index is -1.23. The second kappa shape index (κ2) is 7.44. The lowest BCUT2D eigenvalue weighted by Crippen LogP contribution is -2.06. The Morgan fingerprint density at radius 1 is 0.682 bits per heavy atom. The Hall–Kier alpha value is -3.35. The van der Waals surface area contributed by atoms with Crippen molar-refractivity contribution in [2.45, 2.75) is 0 Å². The molecule has 0 bridgehead atoms. The van der Waals surface area contributed by atoms with Crippen molar-refractivity contribution >= 4 is 23.6 Å². The van der Waals surface area contributed by atoms with Gasteiger partial charge in [-0.15, -0.1) is 0 Å². The molecule has 0 atom stereocenters. The van der Waals surface area contributed by atoms with E-state index in [9.17, 15) is 14.4 Å². The molecule has 0 fully saturated rings. The molecule has 0 heterocycles. The van der Waals surface area contributed by atoms with E-state index in [1.54, 1.807) is 12.1 Å². The van der Waals surface area contributed by atoms with E-state index in [1.807, 2.05) is 0 Å². The molecule has 114 valence electrons. The zero-order valence-electron chi connectivity index (χ0n) is 11.3. The number of aromatic carboxylic acids is 3. The SMILES string of the molecule is Nc1ccc(C(=O)O)cc1.O=C(O)c1ccccc1C(=O)O. The van der Waals surface area contributed by atoms with Crippen LogP contribution in [0.2, 0.25) is 0 Å². The number of hydrogen-bond acceptors (Lipinski definition) is 4. The number of carboxylic acids is 3. The van der Waals surface area contributed by atoms with Crippen LogP contribution in [0, 0.1) is 0 Å². The molecular formula is C15H13NO6. The third-order valence-corrected chi connectivity index (χ3v) is 2.55. The van der Waals surface area contributed by atoms with E-state index < -0.39 is 17.9 Å². The van der Waals surface area contributed by atoms with Crippen LogP contribution in [0.4, 0.5) is 5.69 Å². The van der Waals surface area contributed by atoms with Crippen LogP contribution in [0.15, 0.2) is 48.5 Å². The summed E-state index contributed by atoms with van der Waals surface area (Å²) in [6, 6.07) is 11.5. The Morgan fingerprint density at radius 2 is 1.09 bits per heavy atom. The van der Waals surface area contributed by atoms with Crippen LogP contribution >= 0.6 is 0 Å². The van der Waals surface area contributed by atoms with Crippen molar-refractivity contribution in [1.82, 2.24) is 0 Å². The van der Waals surface area contributed by atoms with Gasteiger partial charge in [-0.2, -0.15) is 0 Å². The first-order valence-corrected chi connectivity index (χ1v) is 5.97. The average Bonchev–Trinajstić information content (AvgIpc) is 2.48. The summed E-state index contributed by atoms with van der Waals surface area (Å²) >= 11 is 0. The van der Waals surface area contributed by atoms with E-state index >= 15 is 0 Å². The Morgan fingerprint density at radius 3 is 1.41 bits per heavy atom. The Balaban J connectivity index is 0.000000224. The highest BCUT2D eigenvalue weighted by Gasteiger charge is 2.13. The van der Waals surface area contributed by atoms with Gasteiger partial charge in [-0.3, -0.25) is 0 Å². The van der Waals surface area contributed by atoms with Crippen molar-refractivity contribution in [2.24, 2.45) is 0 Å². The van der Waals surface area contributed by atoms with Gasteiger partial charge in [0.15, 0.2) is 0 Å². The van der Waals surface area contributed by atoms with Gasteiger partial charge in [0.25, 0.3) is 0 Å². The molecule has 0 spiro atoms. The molecule has 7 nitrogen and oxygen atoms in total. The number of anilines is 1. The summed E-state index contributed by atoms with van der Waals surface area (Å²) in [6.07, 6.45) is 0. The van der Waals surface area contributed by atoms with Crippen LogP contribution in [-0.2, 0) is 0 Å². The number of carboxylic acid groups (broad SMARTS) is 3. The topological polar surface area (TPSA) is 138 Å². The van der Waals surface area contributed by atoms with E-state index in [4.69, 9.17) is 21.1 Å². The van der Waals surface area contributed by atoms with Crippen LogP contribution in [0.3, 0.4) is 0 Å². The highest BCUT2D eigenvalue weighted by atomic mass is 16.4. The summed E-state index contributed by atoms with van der Waals surface area (Å²) in [4.78, 5) is 31.2. The molecule has 2 rings (SSSR count). The van der Waals surface area contributed by atoms with E-state index in [0.717, 1.165) is 0 Å². The number of carbonyl (C=O) groups is 3. The molecule has 0 aromatic heterocycles. The van der Waals surface area contributed by atoms with Crippen molar-refractivity contribution in [1.29, 1.82) is 0 Å². The maximum Gasteiger partial charge on any atom is 0.336 e. The summed E-state index contributed by atoms with van der Waals surface area (Å²) < 4.78 is 0. The fourth-order valence-electron chi connectivity index (χ4n) is 1.48. The summed E-state index contributed by atoms with van der Waals surface area (Å²) in [6.45, 7) is 0. The summed E-state index contributed by atoms with van der Waals surface area (Å²) in [7, 11) is 0. The second-order valence-electron chi connectivity index (χ2n) is 4.08. The molecule has 7 heteroatoms. The normalized spacial score (nSPS) is 9.27. The first kappa shape index (κ1) is 16.7. The zero-order valence-corrected chi connectivity index (χ0v) is 11.3. The molecule has 0 saturated carbocycles. The van der Waals surface area contributed by atoms with Gasteiger partial charge in [-0.05, 0) is 36.4 Å². The van der Waals surface area contributed by atoms with Crippen LogP contribution in [-0.4, -0.2) is 33.2 Å². The van der Waals surface area contributed by atoms with E-state index in [1.165, 1.54) is 36.4 Å². The minimum absolute atomic E-state index is 0.190. The standard InChI is InChI=1S/C8H6O4.C7H7NO2/c9-7(10)5-3-1-2-4-6(5)8(11)12;8-6-3-1-5(2-4-6)7(9)10/h1-4H,(H,9,10)(H,11,12);1-4H,8H2,(H,9,10). The third kappa shape index (κ3) is 4.64. The molecule has 0 aliphatic heterocycles. The fraction of sp³-hybridized carbons (Fsp3) is 0. The first-order chi connectivity index (χ1) is 10.3. The molecule has 0 aliphatic carbocycles. The number of rotatable bonds is 3. The lowest BCUT2D eigenvalue weighted by molar-refractivity contribution is 0.0651. The van der Waals surface area contributed by atoms with Crippen molar-refractivity contribution in [2.75, 3.05) is 5.73 Å². The van der Waals surface area contributed by atoms with Crippen molar-refractivity contribution in [3.63, 3.8) is 0 Å². The van der Waals surface area contributed by atoms with Gasteiger partial charge in [0, 0.05) is 5.69 Å². The largest absolute Gasteiger partial charge is 0.478 e. The van der Waals surface area contributed by atoms with E-state index in [2.05, 4.69) is 0 Å². The lowest BCUT2D eigenvalue weighted by atomic mass is 10.1. The Bertz CT molecular complexity index is 660. The number of nitrogens with two attached hydrogens (primary N) is 1. The van der Waals surface area contributed by atoms with Crippen molar-refractivity contribution < 1.29 is 29.7 Å². The van der Waals surface area contributed by atoms with Gasteiger partial charge >= 0.3 is 17.9 Å². The minimum Gasteiger partial charge on any atom is -0.478 e. The number of hydrogen-bond donors (Lipinski definition) is 4. The lowest BCUT2D eigenvalue weighted by Gasteiger charge is -1.98. The van der Waals surface area contributed by atoms with Gasteiger partial charge in [-0.1, -0.05) is 12.1 Å². The van der Waals surface area contributed by atoms with Gasteiger partial charge < -0.3 is 21.1 Å². The van der Waals surface area contributed by atoms with Gasteiger partial charge in [0.05, 0.1) is 16.7 Å².